The second-order valence-electron chi connectivity index (χ2n) is 2.04. The predicted molar refractivity (Wildman–Crippen MR) is 39.4 cm³/mol. The third kappa shape index (κ3) is 0.671. The SMILES string of the molecule is [B]1N=Cc2ccccc21. The standard InChI is InChI=1S/C7H5BN/c1-2-4-7-6(3-1)5-9-8-7/h1-5H. The molecular weight excluding hydrogens is 109 g/mol. The molecular formula is C7H5BN. The Labute approximate surface area is 54.7 Å². The Morgan fingerprint density at radius 2 is 2.11 bits per heavy atom. The molecule has 0 amide bonds. The Morgan fingerprint density at radius 1 is 1.22 bits per heavy atom. The molecule has 0 spiro atoms. The van der Waals surface area contributed by atoms with Gasteiger partial charge < -0.3 is 4.90 Å². The van der Waals surface area contributed by atoms with Gasteiger partial charge in [0.15, 0.2) is 0 Å². The molecule has 0 aliphatic carbocycles. The van der Waals surface area contributed by atoms with Gasteiger partial charge in [-0.1, -0.05) is 24.3 Å². The average Bonchev–Trinajstić information content (AvgIpc) is 2.33. The molecule has 0 unspecified atom stereocenters. The summed E-state index contributed by atoms with van der Waals surface area (Å²) in [5.41, 5.74) is 2.44. The summed E-state index contributed by atoms with van der Waals surface area (Å²) in [6.07, 6.45) is 1.87. The largest absolute Gasteiger partial charge is 0.348 e. The van der Waals surface area contributed by atoms with Crippen LogP contribution in [0.3, 0.4) is 0 Å². The second-order valence-corrected chi connectivity index (χ2v) is 2.04. The minimum absolute atomic E-state index is 1.22. The van der Waals surface area contributed by atoms with Gasteiger partial charge in [-0.3, -0.25) is 0 Å². The molecule has 1 heterocycles. The average molecular weight is 114 g/mol. The number of hydrogen-bond donors (Lipinski definition) is 0. The molecule has 1 aliphatic rings. The molecule has 1 radical (unpaired) electrons. The molecule has 2 rings (SSSR count). The van der Waals surface area contributed by atoms with Gasteiger partial charge in [-0.05, 0) is 11.0 Å². The van der Waals surface area contributed by atoms with Crippen LogP contribution in [0.1, 0.15) is 5.56 Å². The normalized spacial score (nSPS) is 12.9. The van der Waals surface area contributed by atoms with Crippen molar-refractivity contribution in [2.24, 2.45) is 4.90 Å². The van der Waals surface area contributed by atoms with E-state index in [-0.39, 0.29) is 0 Å². The van der Waals surface area contributed by atoms with Crippen molar-refractivity contribution in [2.75, 3.05) is 0 Å². The first-order chi connectivity index (χ1) is 4.47. The van der Waals surface area contributed by atoms with Crippen molar-refractivity contribution >= 4 is 19.1 Å². The fourth-order valence-corrected chi connectivity index (χ4v) is 0.944. The third-order valence-corrected chi connectivity index (χ3v) is 1.42. The van der Waals surface area contributed by atoms with Crippen molar-refractivity contribution in [3.63, 3.8) is 0 Å². The minimum atomic E-state index is 1.22. The third-order valence-electron chi connectivity index (χ3n) is 1.42. The lowest BCUT2D eigenvalue weighted by Crippen LogP contribution is -2.09. The maximum atomic E-state index is 4.00. The highest BCUT2D eigenvalue weighted by Crippen LogP contribution is 1.96. The Hall–Kier alpha value is -1.05. The molecule has 1 aromatic rings. The van der Waals surface area contributed by atoms with Crippen molar-refractivity contribution in [1.29, 1.82) is 0 Å². The van der Waals surface area contributed by atoms with Gasteiger partial charge in [-0.25, -0.2) is 0 Å². The van der Waals surface area contributed by atoms with Gasteiger partial charge in [-0.15, -0.1) is 0 Å². The van der Waals surface area contributed by atoms with Gasteiger partial charge in [0, 0.05) is 6.21 Å². The molecule has 0 bridgehead atoms. The summed E-state index contributed by atoms with van der Waals surface area (Å²) in [7, 11) is 1.87. The summed E-state index contributed by atoms with van der Waals surface area (Å²) in [6, 6.07) is 8.15. The topological polar surface area (TPSA) is 12.4 Å². The van der Waals surface area contributed by atoms with Crippen LogP contribution in [0, 0.1) is 0 Å². The molecule has 0 aromatic heterocycles. The van der Waals surface area contributed by atoms with Gasteiger partial charge in [0.05, 0.1) is 0 Å². The van der Waals surface area contributed by atoms with Crippen LogP contribution in [0.25, 0.3) is 0 Å². The molecule has 2 heteroatoms. The van der Waals surface area contributed by atoms with E-state index in [4.69, 9.17) is 0 Å². The van der Waals surface area contributed by atoms with E-state index in [0.717, 1.165) is 0 Å². The zero-order valence-corrected chi connectivity index (χ0v) is 4.91. The van der Waals surface area contributed by atoms with Crippen LogP contribution in [0.2, 0.25) is 0 Å². The van der Waals surface area contributed by atoms with E-state index in [9.17, 15) is 0 Å². The van der Waals surface area contributed by atoms with Crippen LogP contribution in [0.5, 0.6) is 0 Å². The van der Waals surface area contributed by atoms with Crippen LogP contribution >= 0.6 is 0 Å². The highest BCUT2D eigenvalue weighted by molar-refractivity contribution is 6.57. The Kier molecular flexibility index (Phi) is 0.920. The Bertz CT molecular complexity index is 255. The van der Waals surface area contributed by atoms with Crippen LogP contribution < -0.4 is 5.46 Å². The summed E-state index contributed by atoms with van der Waals surface area (Å²) in [5.74, 6) is 0. The summed E-state index contributed by atoms with van der Waals surface area (Å²) in [6.45, 7) is 0. The lowest BCUT2D eigenvalue weighted by atomic mass is 9.84. The predicted octanol–water partition coefficient (Wildman–Crippen LogP) is 0.364. The van der Waals surface area contributed by atoms with Crippen molar-refractivity contribution in [2.45, 2.75) is 0 Å². The quantitative estimate of drug-likeness (QED) is 0.432. The number of rotatable bonds is 0. The van der Waals surface area contributed by atoms with E-state index in [1.807, 2.05) is 25.8 Å². The van der Waals surface area contributed by atoms with Gasteiger partial charge in [0.1, 0.15) is 0 Å². The van der Waals surface area contributed by atoms with E-state index in [1.54, 1.807) is 0 Å². The van der Waals surface area contributed by atoms with Crippen molar-refractivity contribution in [3.05, 3.63) is 29.8 Å². The van der Waals surface area contributed by atoms with Crippen molar-refractivity contribution < 1.29 is 0 Å². The zero-order valence-electron chi connectivity index (χ0n) is 4.91. The Morgan fingerprint density at radius 3 is 3.00 bits per heavy atom. The second kappa shape index (κ2) is 1.73. The molecule has 0 N–H and O–H groups in total. The minimum Gasteiger partial charge on any atom is -0.348 e. The summed E-state index contributed by atoms with van der Waals surface area (Å²) in [4.78, 5) is 4.00. The van der Waals surface area contributed by atoms with Crippen LogP contribution in [0.15, 0.2) is 29.2 Å². The molecule has 0 saturated carbocycles. The number of nitrogens with zero attached hydrogens (tertiary/aromatic N) is 1. The van der Waals surface area contributed by atoms with Crippen molar-refractivity contribution in [1.82, 2.24) is 0 Å². The summed E-state index contributed by atoms with van der Waals surface area (Å²) in [5, 5.41) is 0. The lowest BCUT2D eigenvalue weighted by Gasteiger charge is -1.90. The van der Waals surface area contributed by atoms with Gasteiger partial charge in [0.25, 0.3) is 0 Å². The van der Waals surface area contributed by atoms with E-state index in [2.05, 4.69) is 17.0 Å². The van der Waals surface area contributed by atoms with Gasteiger partial charge in [-0.2, -0.15) is 0 Å². The van der Waals surface area contributed by atoms with Crippen LogP contribution in [-0.4, -0.2) is 13.6 Å². The highest BCUT2D eigenvalue weighted by Gasteiger charge is 2.04. The van der Waals surface area contributed by atoms with Crippen LogP contribution in [0.4, 0.5) is 0 Å². The summed E-state index contributed by atoms with van der Waals surface area (Å²) < 4.78 is 0. The first kappa shape index (κ1) is 4.80. The maximum absolute atomic E-state index is 4.00. The Balaban J connectivity index is 2.63. The van der Waals surface area contributed by atoms with Gasteiger partial charge in [0.2, 0.25) is 0 Å². The van der Waals surface area contributed by atoms with E-state index in [0.29, 0.717) is 0 Å². The molecule has 41 valence electrons. The number of fused-ring (bicyclic) bond motifs is 1. The van der Waals surface area contributed by atoms with E-state index < -0.39 is 0 Å². The molecule has 1 aliphatic heterocycles. The maximum Gasteiger partial charge on any atom is 0.312 e. The zero-order chi connectivity index (χ0) is 6.10. The number of benzene rings is 1. The van der Waals surface area contributed by atoms with Crippen molar-refractivity contribution in [3.8, 4) is 0 Å². The molecule has 1 aromatic carbocycles. The molecule has 0 saturated heterocycles. The molecule has 0 atom stereocenters. The number of hydrogen-bond acceptors (Lipinski definition) is 1. The van der Waals surface area contributed by atoms with E-state index in [1.165, 1.54) is 11.0 Å². The van der Waals surface area contributed by atoms with E-state index >= 15 is 0 Å². The lowest BCUT2D eigenvalue weighted by molar-refractivity contribution is 1.75. The molecule has 9 heavy (non-hydrogen) atoms. The first-order valence-electron chi connectivity index (χ1n) is 2.92. The monoisotopic (exact) mass is 114 g/mol. The highest BCUT2D eigenvalue weighted by atomic mass is 14.6. The van der Waals surface area contributed by atoms with Crippen LogP contribution in [-0.2, 0) is 0 Å². The smallest absolute Gasteiger partial charge is 0.312 e. The summed E-state index contributed by atoms with van der Waals surface area (Å²) >= 11 is 0. The molecule has 0 fully saturated rings. The fraction of sp³-hybridized carbons (Fsp3) is 0. The van der Waals surface area contributed by atoms with Gasteiger partial charge >= 0.3 is 7.41 Å². The molecule has 1 nitrogen and oxygen atoms in total. The first-order valence-corrected chi connectivity index (χ1v) is 2.92. The fourth-order valence-electron chi connectivity index (χ4n) is 0.944.